The van der Waals surface area contributed by atoms with E-state index in [4.69, 9.17) is 21.1 Å². The first-order valence-electron chi connectivity index (χ1n) is 7.53. The number of hydrogen-bond acceptors (Lipinski definition) is 4. The number of para-hydroxylation sites is 1. The molecule has 0 aliphatic heterocycles. The van der Waals surface area contributed by atoms with E-state index >= 15 is 0 Å². The fourth-order valence-corrected chi connectivity index (χ4v) is 2.36. The number of benzene rings is 2. The second kappa shape index (κ2) is 7.43. The molecule has 1 heterocycles. The van der Waals surface area contributed by atoms with Crippen LogP contribution in [0.1, 0.15) is 22.8 Å². The minimum Gasteiger partial charge on any atom is -0.432 e. The summed E-state index contributed by atoms with van der Waals surface area (Å²) < 4.78 is 10.8. The van der Waals surface area contributed by atoms with E-state index in [0.717, 1.165) is 16.5 Å². The van der Waals surface area contributed by atoms with Gasteiger partial charge in [0, 0.05) is 16.6 Å². The molecule has 3 rings (SSSR count). The van der Waals surface area contributed by atoms with Gasteiger partial charge in [-0.05, 0) is 36.8 Å². The minimum absolute atomic E-state index is 0.335. The van der Waals surface area contributed by atoms with Crippen molar-refractivity contribution in [3.63, 3.8) is 0 Å². The van der Waals surface area contributed by atoms with Crippen LogP contribution < -0.4 is 0 Å². The van der Waals surface area contributed by atoms with Gasteiger partial charge in [-0.15, -0.1) is 0 Å². The zero-order valence-corrected chi connectivity index (χ0v) is 13.9. The molecule has 0 N–H and O–H groups in total. The molecular weight excluding hydrogens is 326 g/mol. The lowest BCUT2D eigenvalue weighted by molar-refractivity contribution is -0.105. The molecule has 1 unspecified atom stereocenters. The van der Waals surface area contributed by atoms with Crippen molar-refractivity contribution in [2.75, 3.05) is 0 Å². The van der Waals surface area contributed by atoms with Crippen LogP contribution in [0.2, 0.25) is 5.02 Å². The number of carbonyl (C=O) groups excluding carboxylic acids is 1. The summed E-state index contributed by atoms with van der Waals surface area (Å²) in [6, 6.07) is 16.7. The Kier molecular flexibility index (Phi) is 5.08. The number of rotatable bonds is 5. The van der Waals surface area contributed by atoms with Crippen LogP contribution in [-0.2, 0) is 16.1 Å². The number of esters is 1. The molecule has 0 saturated heterocycles. The summed E-state index contributed by atoms with van der Waals surface area (Å²) in [4.78, 5) is 16.5. The molecule has 0 radical (unpaired) electrons. The zero-order valence-electron chi connectivity index (χ0n) is 13.1. The Morgan fingerprint density at radius 1 is 1.17 bits per heavy atom. The Morgan fingerprint density at radius 3 is 2.71 bits per heavy atom. The second-order valence-corrected chi connectivity index (χ2v) is 5.76. The smallest absolute Gasteiger partial charge is 0.342 e. The Labute approximate surface area is 145 Å². The molecule has 4 nitrogen and oxygen atoms in total. The maximum atomic E-state index is 12.2. The lowest BCUT2D eigenvalue weighted by Crippen LogP contribution is -2.18. The van der Waals surface area contributed by atoms with Gasteiger partial charge in [0.1, 0.15) is 0 Å². The molecule has 0 aliphatic rings. The average molecular weight is 342 g/mol. The van der Waals surface area contributed by atoms with Crippen molar-refractivity contribution in [1.82, 2.24) is 4.98 Å². The van der Waals surface area contributed by atoms with Crippen molar-refractivity contribution in [2.24, 2.45) is 0 Å². The van der Waals surface area contributed by atoms with Gasteiger partial charge in [-0.25, -0.2) is 4.79 Å². The molecule has 0 aliphatic carbocycles. The number of ether oxygens (including phenoxy) is 2. The molecule has 1 atom stereocenters. The van der Waals surface area contributed by atoms with Crippen molar-refractivity contribution >= 4 is 28.5 Å². The summed E-state index contributed by atoms with van der Waals surface area (Å²) in [5, 5.41) is 1.56. The highest BCUT2D eigenvalue weighted by atomic mass is 35.5. The summed E-state index contributed by atoms with van der Waals surface area (Å²) >= 11 is 5.84. The number of pyridine rings is 1. The molecule has 5 heteroatoms. The third kappa shape index (κ3) is 4.10. The first kappa shape index (κ1) is 16.4. The lowest BCUT2D eigenvalue weighted by atomic mass is 10.1. The molecule has 0 fully saturated rings. The van der Waals surface area contributed by atoms with Gasteiger partial charge in [-0.1, -0.05) is 41.9 Å². The zero-order chi connectivity index (χ0) is 16.9. The summed E-state index contributed by atoms with van der Waals surface area (Å²) in [5.41, 5.74) is 2.19. The van der Waals surface area contributed by atoms with E-state index in [2.05, 4.69) is 4.98 Å². The fourth-order valence-electron chi connectivity index (χ4n) is 2.23. The summed E-state index contributed by atoms with van der Waals surface area (Å²) in [7, 11) is 0. The van der Waals surface area contributed by atoms with E-state index in [0.29, 0.717) is 17.2 Å². The normalized spacial score (nSPS) is 12.1. The summed E-state index contributed by atoms with van der Waals surface area (Å²) in [6.07, 6.45) is 0.844. The van der Waals surface area contributed by atoms with Crippen LogP contribution in [0.25, 0.3) is 10.9 Å². The third-order valence-electron chi connectivity index (χ3n) is 3.50. The summed E-state index contributed by atoms with van der Waals surface area (Å²) in [6.45, 7) is 2.02. The van der Waals surface area contributed by atoms with Gasteiger partial charge in [0.2, 0.25) is 6.29 Å². The molecule has 2 aromatic carbocycles. The molecule has 3 aromatic rings. The highest BCUT2D eigenvalue weighted by Gasteiger charge is 2.13. The topological polar surface area (TPSA) is 48.4 Å². The quantitative estimate of drug-likeness (QED) is 0.502. The molecular formula is C19H16ClNO3. The van der Waals surface area contributed by atoms with Gasteiger partial charge < -0.3 is 9.47 Å². The maximum absolute atomic E-state index is 12.2. The number of halogens is 1. The van der Waals surface area contributed by atoms with E-state index in [1.807, 2.05) is 36.4 Å². The Bertz CT molecular complexity index is 849. The van der Waals surface area contributed by atoms with E-state index in [1.54, 1.807) is 25.1 Å². The molecule has 0 saturated carbocycles. The van der Waals surface area contributed by atoms with Crippen molar-refractivity contribution in [3.8, 4) is 0 Å². The second-order valence-electron chi connectivity index (χ2n) is 5.33. The number of hydrogen-bond donors (Lipinski definition) is 0. The Balaban J connectivity index is 1.59. The molecule has 0 amide bonds. The van der Waals surface area contributed by atoms with Gasteiger partial charge in [0.25, 0.3) is 0 Å². The van der Waals surface area contributed by atoms with E-state index < -0.39 is 12.3 Å². The maximum Gasteiger partial charge on any atom is 0.342 e. The largest absolute Gasteiger partial charge is 0.432 e. The number of carbonyl (C=O) groups is 1. The van der Waals surface area contributed by atoms with Gasteiger partial charge in [0.05, 0.1) is 17.7 Å². The highest BCUT2D eigenvalue weighted by Crippen LogP contribution is 2.15. The fraction of sp³-hybridized carbons (Fsp3) is 0.158. The Hall–Kier alpha value is -2.43. The predicted octanol–water partition coefficient (Wildman–Crippen LogP) is 4.61. The predicted molar refractivity (Wildman–Crippen MR) is 92.9 cm³/mol. The van der Waals surface area contributed by atoms with Crippen LogP contribution >= 0.6 is 11.6 Å². The minimum atomic E-state index is -0.667. The molecule has 122 valence electrons. The Morgan fingerprint density at radius 2 is 1.92 bits per heavy atom. The van der Waals surface area contributed by atoms with E-state index in [9.17, 15) is 4.79 Å². The molecule has 1 aromatic heterocycles. The van der Waals surface area contributed by atoms with Gasteiger partial charge in [-0.2, -0.15) is 0 Å². The SMILES string of the molecule is CC(OCc1ccc(Cl)cc1)OC(=O)c1cnc2ccccc2c1. The standard InChI is InChI=1S/C19H16ClNO3/c1-13(23-12-14-6-8-17(20)9-7-14)24-19(22)16-10-15-4-2-3-5-18(15)21-11-16/h2-11,13H,12H2,1H3. The molecule has 0 bridgehead atoms. The van der Waals surface area contributed by atoms with E-state index in [-0.39, 0.29) is 0 Å². The lowest BCUT2D eigenvalue weighted by Gasteiger charge is -2.14. The first-order chi connectivity index (χ1) is 11.6. The van der Waals surface area contributed by atoms with Crippen LogP contribution in [0.3, 0.4) is 0 Å². The van der Waals surface area contributed by atoms with Crippen LogP contribution in [0.5, 0.6) is 0 Å². The number of aromatic nitrogens is 1. The molecule has 24 heavy (non-hydrogen) atoms. The number of nitrogens with zero attached hydrogens (tertiary/aromatic N) is 1. The summed E-state index contributed by atoms with van der Waals surface area (Å²) in [5.74, 6) is -0.461. The van der Waals surface area contributed by atoms with Crippen LogP contribution in [0.15, 0.2) is 60.8 Å². The van der Waals surface area contributed by atoms with Crippen molar-refractivity contribution in [2.45, 2.75) is 19.8 Å². The molecule has 0 spiro atoms. The van der Waals surface area contributed by atoms with Crippen molar-refractivity contribution in [1.29, 1.82) is 0 Å². The van der Waals surface area contributed by atoms with Crippen LogP contribution in [-0.4, -0.2) is 17.2 Å². The van der Waals surface area contributed by atoms with Crippen LogP contribution in [0.4, 0.5) is 0 Å². The first-order valence-corrected chi connectivity index (χ1v) is 7.91. The van der Waals surface area contributed by atoms with E-state index in [1.165, 1.54) is 6.20 Å². The van der Waals surface area contributed by atoms with Gasteiger partial charge in [0.15, 0.2) is 0 Å². The monoisotopic (exact) mass is 341 g/mol. The van der Waals surface area contributed by atoms with Crippen molar-refractivity contribution in [3.05, 3.63) is 76.9 Å². The van der Waals surface area contributed by atoms with Crippen LogP contribution in [0, 0.1) is 0 Å². The third-order valence-corrected chi connectivity index (χ3v) is 3.75. The van der Waals surface area contributed by atoms with Crippen molar-refractivity contribution < 1.29 is 14.3 Å². The van der Waals surface area contributed by atoms with Gasteiger partial charge in [-0.3, -0.25) is 4.98 Å². The highest BCUT2D eigenvalue weighted by molar-refractivity contribution is 6.30. The average Bonchev–Trinajstić information content (AvgIpc) is 2.61. The number of fused-ring (bicyclic) bond motifs is 1. The van der Waals surface area contributed by atoms with Gasteiger partial charge >= 0.3 is 5.97 Å².